The lowest BCUT2D eigenvalue weighted by molar-refractivity contribution is -0.167. The van der Waals surface area contributed by atoms with E-state index in [0.29, 0.717) is 19.3 Å². The Kier molecular flexibility index (Phi) is 37.9. The molecule has 0 amide bonds. The van der Waals surface area contributed by atoms with Crippen LogP contribution in [0.25, 0.3) is 0 Å². The van der Waals surface area contributed by atoms with Crippen LogP contribution in [0, 0.1) is 0 Å². The molecule has 0 saturated heterocycles. The zero-order chi connectivity index (χ0) is 35.9. The van der Waals surface area contributed by atoms with Crippen molar-refractivity contribution in [2.75, 3.05) is 13.2 Å². The number of ether oxygens (including phenoxy) is 3. The van der Waals surface area contributed by atoms with Crippen molar-refractivity contribution < 1.29 is 28.6 Å². The zero-order valence-corrected chi connectivity index (χ0v) is 33.0. The summed E-state index contributed by atoms with van der Waals surface area (Å²) in [5.41, 5.74) is 0. The van der Waals surface area contributed by atoms with Gasteiger partial charge in [0.15, 0.2) is 6.10 Å². The molecule has 0 saturated carbocycles. The number of hydrogen-bond acceptors (Lipinski definition) is 6. The lowest BCUT2D eigenvalue weighted by Gasteiger charge is -2.18. The van der Waals surface area contributed by atoms with Crippen LogP contribution in [0.15, 0.2) is 0 Å². The molecule has 0 aliphatic carbocycles. The number of hydrogen-bond donors (Lipinski definition) is 0. The van der Waals surface area contributed by atoms with E-state index in [9.17, 15) is 14.4 Å². The van der Waals surface area contributed by atoms with Crippen molar-refractivity contribution in [1.82, 2.24) is 0 Å². The van der Waals surface area contributed by atoms with Crippen LogP contribution < -0.4 is 0 Å². The quantitative estimate of drug-likeness (QED) is 0.0362. The molecule has 0 heterocycles. The summed E-state index contributed by atoms with van der Waals surface area (Å²) in [4.78, 5) is 37.4. The minimum absolute atomic E-state index is 0.0641. The number of esters is 3. The van der Waals surface area contributed by atoms with E-state index >= 15 is 0 Å². The van der Waals surface area contributed by atoms with Gasteiger partial charge in [0, 0.05) is 19.3 Å². The Morgan fingerprint density at radius 2 is 0.551 bits per heavy atom. The Bertz CT molecular complexity index is 723. The first-order chi connectivity index (χ1) is 24.0. The van der Waals surface area contributed by atoms with E-state index in [1.807, 2.05) is 0 Å². The molecule has 0 rings (SSSR count). The van der Waals surface area contributed by atoms with Gasteiger partial charge in [-0.2, -0.15) is 0 Å². The fraction of sp³-hybridized carbons (Fsp3) is 0.930. The van der Waals surface area contributed by atoms with Gasteiger partial charge in [0.25, 0.3) is 0 Å². The van der Waals surface area contributed by atoms with Crippen molar-refractivity contribution >= 4 is 17.9 Å². The molecule has 1 atom stereocenters. The fourth-order valence-electron chi connectivity index (χ4n) is 6.32. The molecule has 0 N–H and O–H groups in total. The van der Waals surface area contributed by atoms with Gasteiger partial charge in [-0.05, 0) is 19.3 Å². The van der Waals surface area contributed by atoms with Crippen LogP contribution in [0.5, 0.6) is 0 Å². The van der Waals surface area contributed by atoms with Gasteiger partial charge in [0.05, 0.1) is 0 Å². The van der Waals surface area contributed by atoms with Crippen LogP contribution in [0.4, 0.5) is 0 Å². The Balaban J connectivity index is 4.21. The van der Waals surface area contributed by atoms with Gasteiger partial charge >= 0.3 is 17.9 Å². The molecule has 0 aliphatic heterocycles. The van der Waals surface area contributed by atoms with Gasteiger partial charge in [-0.3, -0.25) is 14.4 Å². The van der Waals surface area contributed by atoms with Crippen LogP contribution in [0.3, 0.4) is 0 Å². The van der Waals surface area contributed by atoms with Gasteiger partial charge in [0.1, 0.15) is 13.2 Å². The molecule has 0 radical (unpaired) electrons. The lowest BCUT2D eigenvalue weighted by atomic mass is 10.0. The predicted molar refractivity (Wildman–Crippen MR) is 206 cm³/mol. The third kappa shape index (κ3) is 37.5. The Morgan fingerprint density at radius 3 is 0.816 bits per heavy atom. The zero-order valence-electron chi connectivity index (χ0n) is 33.0. The van der Waals surface area contributed by atoms with Gasteiger partial charge in [-0.1, -0.05) is 201 Å². The molecule has 0 spiro atoms. The highest BCUT2D eigenvalue weighted by Gasteiger charge is 2.19. The molecular formula is C43H82O6. The van der Waals surface area contributed by atoms with Crippen LogP contribution >= 0.6 is 0 Å². The van der Waals surface area contributed by atoms with Crippen LogP contribution in [0.2, 0.25) is 0 Å². The average molecular weight is 695 g/mol. The maximum absolute atomic E-state index is 12.6. The number of unbranched alkanes of at least 4 members (excludes halogenated alkanes) is 28. The molecule has 0 aromatic carbocycles. The lowest BCUT2D eigenvalue weighted by Crippen LogP contribution is -2.30. The van der Waals surface area contributed by atoms with Crippen molar-refractivity contribution in [2.45, 2.75) is 245 Å². The molecule has 6 heteroatoms. The van der Waals surface area contributed by atoms with Gasteiger partial charge < -0.3 is 14.2 Å². The minimum Gasteiger partial charge on any atom is -0.462 e. The predicted octanol–water partition coefficient (Wildman–Crippen LogP) is 13.3. The molecule has 49 heavy (non-hydrogen) atoms. The minimum atomic E-state index is -0.755. The molecule has 0 unspecified atom stereocenters. The molecule has 0 aromatic rings. The third-order valence-electron chi connectivity index (χ3n) is 9.61. The monoisotopic (exact) mass is 695 g/mol. The highest BCUT2D eigenvalue weighted by Crippen LogP contribution is 2.15. The Hall–Kier alpha value is -1.59. The van der Waals surface area contributed by atoms with E-state index in [1.165, 1.54) is 135 Å². The topological polar surface area (TPSA) is 78.9 Å². The van der Waals surface area contributed by atoms with Crippen molar-refractivity contribution in [3.05, 3.63) is 0 Å². The maximum atomic E-state index is 12.6. The smallest absolute Gasteiger partial charge is 0.306 e. The maximum Gasteiger partial charge on any atom is 0.306 e. The SMILES string of the molecule is CCCCCCCCCCCCCCCC(=O)OC[C@H](COC(=O)CCCCCCC)OC(=O)CCCCCCCCCCCCCCC. The van der Waals surface area contributed by atoms with Crippen molar-refractivity contribution in [1.29, 1.82) is 0 Å². The largest absolute Gasteiger partial charge is 0.462 e. The van der Waals surface area contributed by atoms with Crippen molar-refractivity contribution in [2.24, 2.45) is 0 Å². The van der Waals surface area contributed by atoms with E-state index < -0.39 is 6.10 Å². The summed E-state index contributed by atoms with van der Waals surface area (Å²) in [6.07, 6.45) is 38.2. The summed E-state index contributed by atoms with van der Waals surface area (Å²) in [5.74, 6) is -0.869. The third-order valence-corrected chi connectivity index (χ3v) is 9.61. The Morgan fingerprint density at radius 1 is 0.327 bits per heavy atom. The van der Waals surface area contributed by atoms with Crippen LogP contribution in [-0.4, -0.2) is 37.2 Å². The van der Waals surface area contributed by atoms with Gasteiger partial charge in [0.2, 0.25) is 0 Å². The number of carbonyl (C=O) groups is 3. The van der Waals surface area contributed by atoms with Gasteiger partial charge in [-0.15, -0.1) is 0 Å². The first-order valence-corrected chi connectivity index (χ1v) is 21.5. The van der Waals surface area contributed by atoms with Gasteiger partial charge in [-0.25, -0.2) is 0 Å². The molecule has 0 bridgehead atoms. The summed E-state index contributed by atoms with van der Waals surface area (Å²) in [5, 5.41) is 0. The number of rotatable bonds is 39. The molecule has 6 nitrogen and oxygen atoms in total. The van der Waals surface area contributed by atoms with Crippen LogP contribution in [0.1, 0.15) is 239 Å². The second kappa shape index (κ2) is 39.2. The second-order valence-corrected chi connectivity index (χ2v) is 14.6. The summed E-state index contributed by atoms with van der Waals surface area (Å²) >= 11 is 0. The first-order valence-electron chi connectivity index (χ1n) is 21.5. The highest BCUT2D eigenvalue weighted by molar-refractivity contribution is 5.71. The summed E-state index contributed by atoms with van der Waals surface area (Å²) in [6.45, 7) is 6.56. The van der Waals surface area contributed by atoms with Crippen molar-refractivity contribution in [3.63, 3.8) is 0 Å². The normalized spacial score (nSPS) is 11.8. The van der Waals surface area contributed by atoms with E-state index in [0.717, 1.165) is 64.2 Å². The molecular weight excluding hydrogens is 612 g/mol. The average Bonchev–Trinajstić information content (AvgIpc) is 3.09. The van der Waals surface area contributed by atoms with E-state index in [-0.39, 0.29) is 31.1 Å². The summed E-state index contributed by atoms with van der Waals surface area (Å²) in [7, 11) is 0. The van der Waals surface area contributed by atoms with E-state index in [2.05, 4.69) is 20.8 Å². The molecule has 290 valence electrons. The number of carbonyl (C=O) groups excluding carboxylic acids is 3. The molecule has 0 aromatic heterocycles. The molecule has 0 fully saturated rings. The highest BCUT2D eigenvalue weighted by atomic mass is 16.6. The van der Waals surface area contributed by atoms with E-state index in [4.69, 9.17) is 14.2 Å². The first kappa shape index (κ1) is 47.4. The van der Waals surface area contributed by atoms with Crippen LogP contribution in [-0.2, 0) is 28.6 Å². The van der Waals surface area contributed by atoms with E-state index in [1.54, 1.807) is 0 Å². The standard InChI is InChI=1S/C43H82O6/c1-4-7-10-13-15-17-19-21-23-25-27-30-33-36-42(45)48-39-40(38-47-41(44)35-32-29-12-9-6-3)49-43(46)37-34-31-28-26-24-22-20-18-16-14-11-8-5-2/h40H,4-39H2,1-3H3/t40-/m0/s1. The molecule has 0 aliphatic rings. The van der Waals surface area contributed by atoms with Crippen molar-refractivity contribution in [3.8, 4) is 0 Å². The second-order valence-electron chi connectivity index (χ2n) is 14.6. The summed E-state index contributed by atoms with van der Waals surface area (Å²) in [6, 6.07) is 0. The summed E-state index contributed by atoms with van der Waals surface area (Å²) < 4.78 is 16.6. The fourth-order valence-corrected chi connectivity index (χ4v) is 6.32. The Labute approximate surface area is 304 Å².